The Bertz CT molecular complexity index is 329. The summed E-state index contributed by atoms with van der Waals surface area (Å²) < 4.78 is 9.56. The largest absolute Gasteiger partial charge is 0.466 e. The van der Waals surface area contributed by atoms with Crippen LogP contribution >= 0.6 is 0 Å². The Morgan fingerprint density at radius 3 is 1.95 bits per heavy atom. The molecule has 0 aliphatic heterocycles. The van der Waals surface area contributed by atoms with E-state index in [0.717, 1.165) is 25.7 Å². The minimum atomic E-state index is -0.439. The maximum atomic E-state index is 11.9. The van der Waals surface area contributed by atoms with Gasteiger partial charge in [-0.3, -0.25) is 0 Å². The van der Waals surface area contributed by atoms with E-state index < -0.39 is 11.9 Å². The molecule has 0 N–H and O–H groups in total. The van der Waals surface area contributed by atoms with Gasteiger partial charge in [0.15, 0.2) is 0 Å². The fourth-order valence-corrected chi connectivity index (χ4v) is 2.02. The van der Waals surface area contributed by atoms with E-state index in [2.05, 4.69) is 6.92 Å². The molecule has 0 spiro atoms. The van der Waals surface area contributed by atoms with Gasteiger partial charge in [0.1, 0.15) is 0 Å². The van der Waals surface area contributed by atoms with Gasteiger partial charge in [-0.05, 0) is 18.8 Å². The lowest BCUT2D eigenvalue weighted by atomic mass is 9.93. The van der Waals surface area contributed by atoms with Gasteiger partial charge in [-0.1, -0.05) is 40.0 Å². The van der Waals surface area contributed by atoms with Gasteiger partial charge in [-0.15, -0.1) is 0 Å². The first-order valence-corrected chi connectivity index (χ1v) is 6.89. The predicted molar refractivity (Wildman–Crippen MR) is 74.7 cm³/mol. The first kappa shape index (κ1) is 17.7. The number of esters is 2. The molecule has 0 saturated heterocycles. The van der Waals surface area contributed by atoms with Gasteiger partial charge < -0.3 is 9.47 Å². The molecule has 0 saturated carbocycles. The monoisotopic (exact) mass is 270 g/mol. The fraction of sp³-hybridized carbons (Fsp3) is 0.733. The van der Waals surface area contributed by atoms with E-state index in [1.807, 2.05) is 13.8 Å². The van der Waals surface area contributed by atoms with Gasteiger partial charge in [0.05, 0.1) is 19.8 Å². The summed E-state index contributed by atoms with van der Waals surface area (Å²) in [5, 5.41) is 0. The number of carbonyl (C=O) groups is 2. The second-order valence-electron chi connectivity index (χ2n) is 4.84. The average Bonchev–Trinajstić information content (AvgIpc) is 2.40. The third-order valence-electron chi connectivity index (χ3n) is 3.02. The highest BCUT2D eigenvalue weighted by atomic mass is 16.5. The van der Waals surface area contributed by atoms with Crippen LogP contribution in [0.4, 0.5) is 0 Å². The van der Waals surface area contributed by atoms with Gasteiger partial charge in [-0.2, -0.15) is 0 Å². The molecule has 0 amide bonds. The molecule has 0 fully saturated rings. The molecule has 0 aliphatic carbocycles. The third kappa shape index (κ3) is 5.90. The van der Waals surface area contributed by atoms with Crippen molar-refractivity contribution in [3.05, 3.63) is 11.1 Å². The lowest BCUT2D eigenvalue weighted by molar-refractivity contribution is -0.139. The van der Waals surface area contributed by atoms with Crippen LogP contribution in [0.1, 0.15) is 52.9 Å². The van der Waals surface area contributed by atoms with Crippen molar-refractivity contribution in [3.63, 3.8) is 0 Å². The molecule has 0 unspecified atom stereocenters. The van der Waals surface area contributed by atoms with Crippen LogP contribution in [0.2, 0.25) is 0 Å². The van der Waals surface area contributed by atoms with Crippen LogP contribution in [0.15, 0.2) is 11.1 Å². The van der Waals surface area contributed by atoms with Gasteiger partial charge in [0.2, 0.25) is 0 Å². The topological polar surface area (TPSA) is 52.6 Å². The van der Waals surface area contributed by atoms with Crippen LogP contribution in [0.25, 0.3) is 0 Å². The van der Waals surface area contributed by atoms with Crippen molar-refractivity contribution in [2.75, 3.05) is 14.2 Å². The van der Waals surface area contributed by atoms with Crippen LogP contribution in [-0.2, 0) is 19.1 Å². The van der Waals surface area contributed by atoms with E-state index in [9.17, 15) is 9.59 Å². The second kappa shape index (κ2) is 9.59. The Morgan fingerprint density at radius 2 is 1.53 bits per heavy atom. The van der Waals surface area contributed by atoms with Crippen molar-refractivity contribution in [2.24, 2.45) is 5.92 Å². The molecule has 0 aromatic carbocycles. The van der Waals surface area contributed by atoms with Crippen molar-refractivity contribution in [1.82, 2.24) is 0 Å². The Labute approximate surface area is 116 Å². The van der Waals surface area contributed by atoms with Crippen LogP contribution in [-0.4, -0.2) is 26.2 Å². The van der Waals surface area contributed by atoms with Crippen LogP contribution in [0.3, 0.4) is 0 Å². The molecule has 0 radical (unpaired) electrons. The minimum absolute atomic E-state index is 0.0623. The van der Waals surface area contributed by atoms with E-state index in [1.54, 1.807) is 0 Å². The first-order chi connectivity index (χ1) is 8.99. The van der Waals surface area contributed by atoms with E-state index in [-0.39, 0.29) is 5.92 Å². The molecule has 0 atom stereocenters. The number of hydrogen-bond acceptors (Lipinski definition) is 4. The van der Waals surface area contributed by atoms with Gasteiger partial charge in [-0.25, -0.2) is 9.59 Å². The normalized spacial score (nSPS) is 12.1. The molecular formula is C15H26O4. The summed E-state index contributed by atoms with van der Waals surface area (Å²) in [6.45, 7) is 5.88. The van der Waals surface area contributed by atoms with Gasteiger partial charge >= 0.3 is 11.9 Å². The second-order valence-corrected chi connectivity index (χ2v) is 4.84. The first-order valence-electron chi connectivity index (χ1n) is 6.89. The highest BCUT2D eigenvalue weighted by Crippen LogP contribution is 2.22. The lowest BCUT2D eigenvalue weighted by Crippen LogP contribution is -2.18. The maximum Gasteiger partial charge on any atom is 0.334 e. The number of hydrogen-bond donors (Lipinski definition) is 0. The van der Waals surface area contributed by atoms with Crippen LogP contribution in [0, 0.1) is 5.92 Å². The Morgan fingerprint density at radius 1 is 0.947 bits per heavy atom. The smallest absolute Gasteiger partial charge is 0.334 e. The zero-order valence-corrected chi connectivity index (χ0v) is 12.7. The molecule has 4 heteroatoms. The standard InChI is InChI=1S/C15H26O4/c1-6-7-8-9-10-12(14(16)18-4)13(11(2)3)15(17)19-5/h11H,6-10H2,1-5H3/b13-12-. The van der Waals surface area contributed by atoms with Crippen LogP contribution < -0.4 is 0 Å². The quantitative estimate of drug-likeness (QED) is 0.386. The van der Waals surface area contributed by atoms with E-state index >= 15 is 0 Å². The molecule has 0 aromatic heterocycles. The molecule has 0 aromatic rings. The highest BCUT2D eigenvalue weighted by Gasteiger charge is 2.24. The van der Waals surface area contributed by atoms with E-state index in [1.165, 1.54) is 14.2 Å². The summed E-state index contributed by atoms with van der Waals surface area (Å²) >= 11 is 0. The average molecular weight is 270 g/mol. The Hall–Kier alpha value is -1.32. The van der Waals surface area contributed by atoms with Crippen LogP contribution in [0.5, 0.6) is 0 Å². The third-order valence-corrected chi connectivity index (χ3v) is 3.02. The number of methoxy groups -OCH3 is 2. The summed E-state index contributed by atoms with van der Waals surface area (Å²) in [5.41, 5.74) is 0.895. The van der Waals surface area contributed by atoms with Crippen molar-refractivity contribution < 1.29 is 19.1 Å². The number of carbonyl (C=O) groups excluding carboxylic acids is 2. The maximum absolute atomic E-state index is 11.9. The van der Waals surface area contributed by atoms with Gasteiger partial charge in [0.25, 0.3) is 0 Å². The zero-order chi connectivity index (χ0) is 14.8. The molecule has 0 bridgehead atoms. The number of ether oxygens (including phenoxy) is 2. The molecule has 0 heterocycles. The molecule has 0 rings (SSSR count). The molecule has 4 nitrogen and oxygen atoms in total. The summed E-state index contributed by atoms with van der Waals surface area (Å²) in [6, 6.07) is 0. The number of rotatable bonds is 8. The van der Waals surface area contributed by atoms with Gasteiger partial charge in [0, 0.05) is 5.57 Å². The molecular weight excluding hydrogens is 244 g/mol. The minimum Gasteiger partial charge on any atom is -0.466 e. The molecule has 110 valence electrons. The van der Waals surface area contributed by atoms with E-state index in [4.69, 9.17) is 9.47 Å². The van der Waals surface area contributed by atoms with Crippen molar-refractivity contribution in [3.8, 4) is 0 Å². The van der Waals surface area contributed by atoms with Crippen molar-refractivity contribution >= 4 is 11.9 Å². The summed E-state index contributed by atoms with van der Waals surface area (Å²) in [7, 11) is 2.67. The fourth-order valence-electron chi connectivity index (χ4n) is 2.02. The van der Waals surface area contributed by atoms with Crippen molar-refractivity contribution in [2.45, 2.75) is 52.9 Å². The summed E-state index contributed by atoms with van der Waals surface area (Å²) in [4.78, 5) is 23.7. The number of unbranched alkanes of at least 4 members (excludes halogenated alkanes) is 3. The Kier molecular flexibility index (Phi) is 8.92. The lowest BCUT2D eigenvalue weighted by Gasteiger charge is -2.15. The van der Waals surface area contributed by atoms with Crippen molar-refractivity contribution in [1.29, 1.82) is 0 Å². The zero-order valence-electron chi connectivity index (χ0n) is 12.7. The molecule has 0 aliphatic rings. The Balaban J connectivity index is 5.14. The predicted octanol–water partition coefficient (Wildman–Crippen LogP) is 3.26. The summed E-state index contributed by atoms with van der Waals surface area (Å²) in [6.07, 6.45) is 4.75. The molecule has 19 heavy (non-hydrogen) atoms. The summed E-state index contributed by atoms with van der Waals surface area (Å²) in [5.74, 6) is -0.927. The SMILES string of the molecule is CCCCCC/C(C(=O)OC)=C(/C(=O)OC)C(C)C. The van der Waals surface area contributed by atoms with E-state index in [0.29, 0.717) is 17.6 Å². The highest BCUT2D eigenvalue weighted by molar-refractivity contribution is 6.00.